The van der Waals surface area contributed by atoms with Crippen molar-refractivity contribution in [2.75, 3.05) is 0 Å². The Kier molecular flexibility index (Phi) is 4.18. The third kappa shape index (κ3) is 2.83. The van der Waals surface area contributed by atoms with E-state index < -0.39 is 0 Å². The maximum Gasteiger partial charge on any atom is 0.255 e. The van der Waals surface area contributed by atoms with Crippen LogP contribution in [-0.4, -0.2) is 9.55 Å². The monoisotopic (exact) mass is 355 g/mol. The maximum absolute atomic E-state index is 12.2. The van der Waals surface area contributed by atoms with Crippen molar-refractivity contribution < 1.29 is 0 Å². The Hall–Kier alpha value is -3.49. The molecule has 3 aromatic heterocycles. The second kappa shape index (κ2) is 6.79. The Morgan fingerprint density at radius 2 is 1.85 bits per heavy atom. The lowest BCUT2D eigenvalue weighted by molar-refractivity contribution is 0.991. The van der Waals surface area contributed by atoms with Gasteiger partial charge in [-0.25, -0.2) is 0 Å². The van der Waals surface area contributed by atoms with E-state index in [4.69, 9.17) is 0 Å². The highest BCUT2D eigenvalue weighted by molar-refractivity contribution is 7.11. The Balaban J connectivity index is 1.98. The standard InChI is InChI=1S/C21H13N3OS/c22-14-20-17(9-12-26-20)16-8-7-15(24-11-4-2-6-21(24)25)13-18(16)19-5-1-3-10-23-19/h1-13H. The predicted molar refractivity (Wildman–Crippen MR) is 103 cm³/mol. The molecular weight excluding hydrogens is 342 g/mol. The van der Waals surface area contributed by atoms with Crippen LogP contribution in [-0.2, 0) is 0 Å². The van der Waals surface area contributed by atoms with E-state index in [1.165, 1.54) is 17.4 Å². The molecule has 0 spiro atoms. The quantitative estimate of drug-likeness (QED) is 0.544. The number of hydrogen-bond donors (Lipinski definition) is 0. The molecule has 0 radical (unpaired) electrons. The fourth-order valence-corrected chi connectivity index (χ4v) is 3.60. The summed E-state index contributed by atoms with van der Waals surface area (Å²) >= 11 is 1.41. The Morgan fingerprint density at radius 3 is 2.62 bits per heavy atom. The minimum Gasteiger partial charge on any atom is -0.284 e. The molecule has 26 heavy (non-hydrogen) atoms. The molecule has 0 amide bonds. The first-order valence-corrected chi connectivity index (χ1v) is 8.87. The molecule has 0 unspecified atom stereocenters. The van der Waals surface area contributed by atoms with Gasteiger partial charge in [0.15, 0.2) is 0 Å². The summed E-state index contributed by atoms with van der Waals surface area (Å²) in [6.07, 6.45) is 3.48. The van der Waals surface area contributed by atoms with Crippen LogP contribution < -0.4 is 5.56 Å². The van der Waals surface area contributed by atoms with Crippen LogP contribution >= 0.6 is 11.3 Å². The van der Waals surface area contributed by atoms with Crippen molar-refractivity contribution in [3.8, 4) is 34.1 Å². The number of aromatic nitrogens is 2. The molecule has 0 aliphatic rings. The third-order valence-corrected chi connectivity index (χ3v) is 4.92. The van der Waals surface area contributed by atoms with Gasteiger partial charge in [-0.3, -0.25) is 14.3 Å². The molecule has 5 heteroatoms. The zero-order chi connectivity index (χ0) is 17.9. The lowest BCUT2D eigenvalue weighted by Crippen LogP contribution is -2.15. The number of pyridine rings is 2. The molecule has 0 saturated carbocycles. The van der Waals surface area contributed by atoms with Crippen LogP contribution in [0.5, 0.6) is 0 Å². The number of nitriles is 1. The zero-order valence-corrected chi connectivity index (χ0v) is 14.5. The van der Waals surface area contributed by atoms with Crippen LogP contribution in [0.4, 0.5) is 0 Å². The smallest absolute Gasteiger partial charge is 0.255 e. The summed E-state index contributed by atoms with van der Waals surface area (Å²) in [4.78, 5) is 17.3. The van der Waals surface area contributed by atoms with Gasteiger partial charge in [0, 0.05) is 35.3 Å². The average Bonchev–Trinajstić information content (AvgIpc) is 3.17. The Bertz CT molecular complexity index is 1170. The minimum atomic E-state index is -0.0968. The van der Waals surface area contributed by atoms with E-state index in [1.54, 1.807) is 23.0 Å². The summed E-state index contributed by atoms with van der Waals surface area (Å²) in [5.74, 6) is 0. The molecule has 4 aromatic rings. The largest absolute Gasteiger partial charge is 0.284 e. The van der Waals surface area contributed by atoms with Crippen LogP contribution in [0, 0.1) is 11.3 Å². The Labute approximate surface area is 154 Å². The number of benzene rings is 1. The van der Waals surface area contributed by atoms with Crippen molar-refractivity contribution in [3.05, 3.63) is 93.7 Å². The van der Waals surface area contributed by atoms with Crippen LogP contribution in [0.15, 0.2) is 83.2 Å². The highest BCUT2D eigenvalue weighted by atomic mass is 32.1. The SMILES string of the molecule is N#Cc1sccc1-c1ccc(-n2ccccc2=O)cc1-c1ccccn1. The van der Waals surface area contributed by atoms with Crippen molar-refractivity contribution in [3.63, 3.8) is 0 Å². The molecule has 0 aliphatic heterocycles. The van der Waals surface area contributed by atoms with Crippen molar-refractivity contribution in [1.82, 2.24) is 9.55 Å². The average molecular weight is 355 g/mol. The van der Waals surface area contributed by atoms with E-state index in [2.05, 4.69) is 11.1 Å². The lowest BCUT2D eigenvalue weighted by atomic mass is 9.97. The summed E-state index contributed by atoms with van der Waals surface area (Å²) in [6.45, 7) is 0. The topological polar surface area (TPSA) is 58.7 Å². The summed E-state index contributed by atoms with van der Waals surface area (Å²) in [5.41, 5.74) is 4.14. The third-order valence-electron chi connectivity index (χ3n) is 4.10. The molecule has 0 fully saturated rings. The Morgan fingerprint density at radius 1 is 0.962 bits per heavy atom. The molecular formula is C21H13N3OS. The fraction of sp³-hybridized carbons (Fsp3) is 0. The number of hydrogen-bond acceptors (Lipinski definition) is 4. The van der Waals surface area contributed by atoms with Gasteiger partial charge in [-0.2, -0.15) is 5.26 Å². The predicted octanol–water partition coefficient (Wildman–Crippen LogP) is 4.50. The number of thiophene rings is 1. The molecule has 3 heterocycles. The van der Waals surface area contributed by atoms with Gasteiger partial charge >= 0.3 is 0 Å². The van der Waals surface area contributed by atoms with Crippen LogP contribution in [0.3, 0.4) is 0 Å². The molecule has 0 saturated heterocycles. The molecule has 0 bridgehead atoms. The van der Waals surface area contributed by atoms with Crippen molar-refractivity contribution in [2.24, 2.45) is 0 Å². The van der Waals surface area contributed by atoms with E-state index >= 15 is 0 Å². The molecule has 0 atom stereocenters. The molecule has 4 nitrogen and oxygen atoms in total. The normalized spacial score (nSPS) is 10.4. The van der Waals surface area contributed by atoms with Gasteiger partial charge in [0.1, 0.15) is 10.9 Å². The first-order chi connectivity index (χ1) is 12.8. The molecule has 0 aliphatic carbocycles. The second-order valence-electron chi connectivity index (χ2n) is 5.63. The van der Waals surface area contributed by atoms with E-state index in [0.29, 0.717) is 4.88 Å². The second-order valence-corrected chi connectivity index (χ2v) is 6.55. The van der Waals surface area contributed by atoms with E-state index in [-0.39, 0.29) is 5.56 Å². The van der Waals surface area contributed by atoms with Gasteiger partial charge in [-0.1, -0.05) is 18.2 Å². The van der Waals surface area contributed by atoms with Gasteiger partial charge < -0.3 is 0 Å². The first kappa shape index (κ1) is 16.0. The number of rotatable bonds is 3. The minimum absolute atomic E-state index is 0.0968. The van der Waals surface area contributed by atoms with Gasteiger partial charge in [0.05, 0.1) is 5.69 Å². The van der Waals surface area contributed by atoms with E-state index in [0.717, 1.165) is 28.1 Å². The van der Waals surface area contributed by atoms with Gasteiger partial charge in [0.2, 0.25) is 0 Å². The number of nitrogens with zero attached hydrogens (tertiary/aromatic N) is 3. The molecule has 4 rings (SSSR count). The van der Waals surface area contributed by atoms with Crippen molar-refractivity contribution in [2.45, 2.75) is 0 Å². The first-order valence-electron chi connectivity index (χ1n) is 7.99. The van der Waals surface area contributed by atoms with Gasteiger partial charge in [-0.05, 0) is 47.3 Å². The van der Waals surface area contributed by atoms with E-state index in [1.807, 2.05) is 53.9 Å². The summed E-state index contributed by atoms with van der Waals surface area (Å²) < 4.78 is 1.59. The van der Waals surface area contributed by atoms with Crippen molar-refractivity contribution >= 4 is 11.3 Å². The highest BCUT2D eigenvalue weighted by Gasteiger charge is 2.14. The molecule has 1 aromatic carbocycles. The lowest BCUT2D eigenvalue weighted by Gasteiger charge is -2.12. The summed E-state index contributed by atoms with van der Waals surface area (Å²) in [7, 11) is 0. The summed E-state index contributed by atoms with van der Waals surface area (Å²) in [5, 5.41) is 11.3. The highest BCUT2D eigenvalue weighted by Crippen LogP contribution is 2.36. The van der Waals surface area contributed by atoms with Gasteiger partial charge in [0.25, 0.3) is 5.56 Å². The van der Waals surface area contributed by atoms with Gasteiger partial charge in [-0.15, -0.1) is 11.3 Å². The van der Waals surface area contributed by atoms with Crippen LogP contribution in [0.1, 0.15) is 4.88 Å². The summed E-state index contributed by atoms with van der Waals surface area (Å²) in [6, 6.07) is 20.8. The zero-order valence-electron chi connectivity index (χ0n) is 13.7. The fourth-order valence-electron chi connectivity index (χ4n) is 2.90. The molecule has 124 valence electrons. The van der Waals surface area contributed by atoms with Crippen LogP contribution in [0.25, 0.3) is 28.1 Å². The maximum atomic E-state index is 12.2. The van der Waals surface area contributed by atoms with Crippen LogP contribution in [0.2, 0.25) is 0 Å². The van der Waals surface area contributed by atoms with Crippen molar-refractivity contribution in [1.29, 1.82) is 5.26 Å². The molecule has 0 N–H and O–H groups in total. The van der Waals surface area contributed by atoms with E-state index in [9.17, 15) is 10.1 Å².